The fourth-order valence-corrected chi connectivity index (χ4v) is 3.74. The van der Waals surface area contributed by atoms with Crippen molar-refractivity contribution in [3.05, 3.63) is 23.3 Å². The second kappa shape index (κ2) is 7.26. The van der Waals surface area contributed by atoms with Gasteiger partial charge in [-0.1, -0.05) is 30.2 Å². The Morgan fingerprint density at radius 2 is 2.14 bits per heavy atom. The molecule has 2 aliphatic rings. The van der Waals surface area contributed by atoms with Crippen LogP contribution in [0.4, 0.5) is 0 Å². The van der Waals surface area contributed by atoms with Crippen molar-refractivity contribution in [1.29, 1.82) is 0 Å². The molecule has 0 saturated carbocycles. The number of esters is 1. The zero-order valence-corrected chi connectivity index (χ0v) is 14.2. The number of carbonyl (C=O) groups is 2. The van der Waals surface area contributed by atoms with Crippen LogP contribution in [0.25, 0.3) is 0 Å². The lowest BCUT2D eigenvalue weighted by atomic mass is 9.75. The molecule has 1 aliphatic heterocycles. The molecule has 0 amide bonds. The molecule has 1 aliphatic carbocycles. The minimum atomic E-state index is -0.536. The van der Waals surface area contributed by atoms with Gasteiger partial charge in [-0.05, 0) is 46.0 Å². The Labute approximate surface area is 133 Å². The largest absolute Gasteiger partial charge is 0.461 e. The van der Waals surface area contributed by atoms with Crippen molar-refractivity contribution >= 4 is 11.8 Å². The van der Waals surface area contributed by atoms with E-state index in [1.54, 1.807) is 0 Å². The van der Waals surface area contributed by atoms with Gasteiger partial charge in [-0.2, -0.15) is 0 Å². The van der Waals surface area contributed by atoms with E-state index in [4.69, 9.17) is 4.74 Å². The number of allylic oxidation sites excluding steroid dienone is 3. The van der Waals surface area contributed by atoms with E-state index in [1.165, 1.54) is 11.1 Å². The maximum atomic E-state index is 12.4. The first-order valence-electron chi connectivity index (χ1n) is 8.42. The average molecular weight is 304 g/mol. The van der Waals surface area contributed by atoms with Gasteiger partial charge in [-0.15, -0.1) is 0 Å². The van der Waals surface area contributed by atoms with Crippen LogP contribution in [-0.4, -0.2) is 17.9 Å². The van der Waals surface area contributed by atoms with E-state index in [-0.39, 0.29) is 23.8 Å². The molecule has 4 atom stereocenters. The van der Waals surface area contributed by atoms with Gasteiger partial charge in [-0.25, -0.2) is 0 Å². The van der Waals surface area contributed by atoms with Crippen molar-refractivity contribution in [3.8, 4) is 0 Å². The van der Waals surface area contributed by atoms with Crippen LogP contribution in [0.3, 0.4) is 0 Å². The molecule has 0 aromatic rings. The first kappa shape index (κ1) is 17.0. The van der Waals surface area contributed by atoms with Gasteiger partial charge < -0.3 is 4.74 Å². The van der Waals surface area contributed by atoms with Crippen LogP contribution in [0.15, 0.2) is 23.3 Å². The summed E-state index contributed by atoms with van der Waals surface area (Å²) in [6.45, 7) is 8.43. The van der Waals surface area contributed by atoms with Crippen molar-refractivity contribution < 1.29 is 14.3 Å². The molecule has 2 rings (SSSR count). The highest BCUT2D eigenvalue weighted by molar-refractivity contribution is 6.00. The summed E-state index contributed by atoms with van der Waals surface area (Å²) >= 11 is 0. The highest BCUT2D eigenvalue weighted by atomic mass is 16.6. The quantitative estimate of drug-likeness (QED) is 0.443. The Morgan fingerprint density at radius 1 is 1.41 bits per heavy atom. The highest BCUT2D eigenvalue weighted by Crippen LogP contribution is 2.41. The molecule has 22 heavy (non-hydrogen) atoms. The molecule has 1 saturated heterocycles. The topological polar surface area (TPSA) is 43.4 Å². The van der Waals surface area contributed by atoms with Crippen LogP contribution in [-0.2, 0) is 14.3 Å². The maximum Gasteiger partial charge on any atom is 0.317 e. The summed E-state index contributed by atoms with van der Waals surface area (Å²) in [6.07, 6.45) is 8.19. The molecule has 3 nitrogen and oxygen atoms in total. The van der Waals surface area contributed by atoms with Gasteiger partial charge in [0.25, 0.3) is 0 Å². The standard InChI is InChI=1S/C19H28O3/c1-12(2)7-5-9-14(4)17-16-11-13(3)8-6-10-15(20)18(17)19(21)22-16/h7-8,14,16-18H,5-6,9-11H2,1-4H3/b13-8+/t14-,16+,17+,18-/m0/s1. The Morgan fingerprint density at radius 3 is 2.82 bits per heavy atom. The molecule has 0 N–H and O–H groups in total. The monoisotopic (exact) mass is 304 g/mol. The van der Waals surface area contributed by atoms with Gasteiger partial charge in [0.05, 0.1) is 0 Å². The Hall–Kier alpha value is -1.38. The number of hydrogen-bond acceptors (Lipinski definition) is 3. The predicted molar refractivity (Wildman–Crippen MR) is 87.3 cm³/mol. The van der Waals surface area contributed by atoms with Crippen LogP contribution < -0.4 is 0 Å². The Bertz CT molecular complexity index is 497. The van der Waals surface area contributed by atoms with Crippen LogP contribution in [0.5, 0.6) is 0 Å². The maximum absolute atomic E-state index is 12.4. The third-order valence-corrected chi connectivity index (χ3v) is 4.92. The van der Waals surface area contributed by atoms with Gasteiger partial charge in [0.2, 0.25) is 0 Å². The van der Waals surface area contributed by atoms with E-state index in [1.807, 2.05) is 0 Å². The van der Waals surface area contributed by atoms with Crippen molar-refractivity contribution in [1.82, 2.24) is 0 Å². The fourth-order valence-electron chi connectivity index (χ4n) is 3.74. The third-order valence-electron chi connectivity index (χ3n) is 4.92. The number of carbonyl (C=O) groups excluding carboxylic acids is 2. The van der Waals surface area contributed by atoms with E-state index in [2.05, 4.69) is 39.8 Å². The van der Waals surface area contributed by atoms with Gasteiger partial charge in [-0.3, -0.25) is 9.59 Å². The first-order chi connectivity index (χ1) is 10.4. The minimum absolute atomic E-state index is 0.0343. The summed E-state index contributed by atoms with van der Waals surface area (Å²) < 4.78 is 5.59. The molecule has 2 bridgehead atoms. The van der Waals surface area contributed by atoms with E-state index >= 15 is 0 Å². The summed E-state index contributed by atoms with van der Waals surface area (Å²) in [7, 11) is 0. The number of fused-ring (bicyclic) bond motifs is 2. The second-order valence-electron chi connectivity index (χ2n) is 7.13. The number of ketones is 1. The average Bonchev–Trinajstić information content (AvgIpc) is 2.75. The van der Waals surface area contributed by atoms with E-state index in [0.717, 1.165) is 25.7 Å². The van der Waals surface area contributed by atoms with Crippen molar-refractivity contribution in [2.45, 2.75) is 65.9 Å². The van der Waals surface area contributed by atoms with E-state index < -0.39 is 5.92 Å². The summed E-state index contributed by atoms with van der Waals surface area (Å²) in [5.74, 6) is -0.411. The van der Waals surface area contributed by atoms with Gasteiger partial charge >= 0.3 is 5.97 Å². The van der Waals surface area contributed by atoms with Crippen molar-refractivity contribution in [2.24, 2.45) is 17.8 Å². The van der Waals surface area contributed by atoms with E-state index in [0.29, 0.717) is 12.3 Å². The second-order valence-corrected chi connectivity index (χ2v) is 7.13. The Balaban J connectivity index is 2.19. The number of rotatable bonds is 4. The lowest BCUT2D eigenvalue weighted by Crippen LogP contribution is -2.32. The lowest BCUT2D eigenvalue weighted by Gasteiger charge is -2.26. The fraction of sp³-hybridized carbons (Fsp3) is 0.684. The number of ether oxygens (including phenoxy) is 1. The smallest absolute Gasteiger partial charge is 0.317 e. The summed E-state index contributed by atoms with van der Waals surface area (Å²) in [4.78, 5) is 24.7. The molecule has 3 heteroatoms. The minimum Gasteiger partial charge on any atom is -0.461 e. The van der Waals surface area contributed by atoms with Gasteiger partial charge in [0, 0.05) is 18.8 Å². The normalized spacial score (nSPS) is 32.2. The third kappa shape index (κ3) is 3.88. The summed E-state index contributed by atoms with van der Waals surface area (Å²) in [6, 6.07) is 0. The molecule has 0 aromatic heterocycles. The zero-order valence-electron chi connectivity index (χ0n) is 14.2. The zero-order chi connectivity index (χ0) is 16.3. The van der Waals surface area contributed by atoms with Crippen LogP contribution >= 0.6 is 0 Å². The van der Waals surface area contributed by atoms with Crippen molar-refractivity contribution in [2.75, 3.05) is 0 Å². The summed E-state index contributed by atoms with van der Waals surface area (Å²) in [5, 5.41) is 0. The summed E-state index contributed by atoms with van der Waals surface area (Å²) in [5.41, 5.74) is 2.54. The van der Waals surface area contributed by atoms with Crippen LogP contribution in [0.2, 0.25) is 0 Å². The highest BCUT2D eigenvalue weighted by Gasteiger charge is 2.50. The molecular weight excluding hydrogens is 276 g/mol. The number of hydrogen-bond donors (Lipinski definition) is 0. The molecular formula is C19H28O3. The molecule has 0 aromatic carbocycles. The molecule has 0 spiro atoms. The Kier molecular flexibility index (Phi) is 5.60. The SMILES string of the molecule is CC(C)=CCC[C@H](C)[C@H]1[C@@H]2C(=O)CC/C=C(\C)C[C@H]1OC2=O. The number of Topliss-reactive ketones (excluding diaryl/α,β-unsaturated/α-hetero) is 1. The van der Waals surface area contributed by atoms with Crippen LogP contribution in [0.1, 0.15) is 59.8 Å². The van der Waals surface area contributed by atoms with Crippen molar-refractivity contribution in [3.63, 3.8) is 0 Å². The van der Waals surface area contributed by atoms with E-state index in [9.17, 15) is 9.59 Å². The molecule has 0 radical (unpaired) electrons. The molecule has 0 unspecified atom stereocenters. The first-order valence-corrected chi connectivity index (χ1v) is 8.42. The molecule has 1 fully saturated rings. The predicted octanol–water partition coefficient (Wildman–Crippen LogP) is 4.23. The van der Waals surface area contributed by atoms with Crippen LogP contribution in [0, 0.1) is 17.8 Å². The van der Waals surface area contributed by atoms with Gasteiger partial charge in [0.1, 0.15) is 17.8 Å². The van der Waals surface area contributed by atoms with Gasteiger partial charge in [0.15, 0.2) is 0 Å². The molecule has 122 valence electrons. The molecule has 1 heterocycles. The lowest BCUT2D eigenvalue weighted by molar-refractivity contribution is -0.146.